The number of hydrogen-bond acceptors (Lipinski definition) is 3. The van der Waals surface area contributed by atoms with E-state index in [-0.39, 0.29) is 0 Å². The van der Waals surface area contributed by atoms with E-state index in [0.29, 0.717) is 0 Å². The van der Waals surface area contributed by atoms with Crippen molar-refractivity contribution in [2.24, 2.45) is 9.98 Å². The monoisotopic (exact) mass is 450 g/mol. The summed E-state index contributed by atoms with van der Waals surface area (Å²) in [7, 11) is 0. The highest BCUT2D eigenvalue weighted by Gasteiger charge is 2.19. The zero-order valence-corrected chi connectivity index (χ0v) is 19.0. The Bertz CT molecular complexity index is 1800. The van der Waals surface area contributed by atoms with Crippen LogP contribution in [0.2, 0.25) is 0 Å². The van der Waals surface area contributed by atoms with E-state index in [4.69, 9.17) is 9.98 Å². The van der Waals surface area contributed by atoms with Gasteiger partial charge in [0, 0.05) is 45.7 Å². The summed E-state index contributed by atoms with van der Waals surface area (Å²) < 4.78 is 0. The Kier molecular flexibility index (Phi) is 5.45. The Labute approximate surface area is 202 Å². The van der Waals surface area contributed by atoms with Crippen LogP contribution in [0.15, 0.2) is 138 Å². The van der Waals surface area contributed by atoms with Gasteiger partial charge in [0.2, 0.25) is 0 Å². The van der Waals surface area contributed by atoms with Crippen molar-refractivity contribution >= 4 is 22.3 Å². The first kappa shape index (κ1) is 20.8. The van der Waals surface area contributed by atoms with Crippen molar-refractivity contribution in [2.45, 2.75) is 0 Å². The first-order chi connectivity index (χ1) is 17.4. The normalized spacial score (nSPS) is 11.3. The molecule has 2 aliphatic heterocycles. The van der Waals surface area contributed by atoms with Gasteiger partial charge in [0.1, 0.15) is 0 Å². The maximum atomic E-state index is 4.83. The highest BCUT2D eigenvalue weighted by molar-refractivity contribution is 5.86. The van der Waals surface area contributed by atoms with E-state index in [0.717, 1.165) is 22.1 Å². The van der Waals surface area contributed by atoms with Crippen molar-refractivity contribution in [3.05, 3.63) is 149 Å². The number of hydrogen-bond donors (Lipinski definition) is 1. The Morgan fingerprint density at radius 2 is 1.34 bits per heavy atom. The Morgan fingerprint density at radius 3 is 2.17 bits per heavy atom. The third kappa shape index (κ3) is 4.02. The van der Waals surface area contributed by atoms with Gasteiger partial charge < -0.3 is 4.98 Å². The summed E-state index contributed by atoms with van der Waals surface area (Å²) in [6.45, 7) is 0. The minimum absolute atomic E-state index is 1.03. The lowest BCUT2D eigenvalue weighted by molar-refractivity contribution is 1.33. The molecule has 0 unspecified atom stereocenters. The summed E-state index contributed by atoms with van der Waals surface area (Å²) in [6, 6.07) is 36.8. The van der Waals surface area contributed by atoms with Crippen LogP contribution in [-0.4, -0.2) is 9.97 Å². The standard InChI is InChI=1S/C18H10N2.C8H7N.C5H5N/c1-3-7-14-11(5-1)12-9-10-16-17(18(12)20-14)13-6-2-4-8-15(13)19-16;1-2-4-8-7(3-1)5-6-9-8;1-2-4-6-5-3-1/h1-10H;1-6,9H;1-5H. The highest BCUT2D eigenvalue weighted by atomic mass is 14.8. The molecule has 0 radical (unpaired) electrons. The van der Waals surface area contributed by atoms with Crippen molar-refractivity contribution in [3.63, 3.8) is 0 Å². The molecule has 4 aromatic carbocycles. The first-order valence-corrected chi connectivity index (χ1v) is 11.5. The van der Waals surface area contributed by atoms with E-state index < -0.39 is 0 Å². The van der Waals surface area contributed by atoms with Gasteiger partial charge in [0.25, 0.3) is 0 Å². The van der Waals surface area contributed by atoms with Crippen LogP contribution in [0.25, 0.3) is 22.0 Å². The molecule has 0 spiro atoms. The summed E-state index contributed by atoms with van der Waals surface area (Å²) in [5.74, 6) is 0. The quantitative estimate of drug-likeness (QED) is 0.285. The van der Waals surface area contributed by atoms with Gasteiger partial charge in [-0.05, 0) is 53.9 Å². The fraction of sp³-hybridized carbons (Fsp3) is 0. The number of nitrogens with one attached hydrogen (secondary N) is 1. The number of para-hydroxylation sites is 3. The second-order valence-corrected chi connectivity index (χ2v) is 8.20. The molecule has 0 fully saturated rings. The highest BCUT2D eigenvalue weighted by Crippen LogP contribution is 2.38. The SMILES string of the molecule is c1ccc2[nH]ccc2c1.c1ccc2c(c1)N=c1ccc3c(c1-2)N=c1ccccc1=3.c1ccncc1. The number of aromatic nitrogens is 2. The predicted molar refractivity (Wildman–Crippen MR) is 140 cm³/mol. The molecule has 0 amide bonds. The third-order valence-corrected chi connectivity index (χ3v) is 6.03. The van der Waals surface area contributed by atoms with Crippen LogP contribution in [0.3, 0.4) is 0 Å². The van der Waals surface area contributed by atoms with Crippen LogP contribution in [0.4, 0.5) is 11.4 Å². The van der Waals surface area contributed by atoms with Gasteiger partial charge in [-0.25, -0.2) is 9.98 Å². The summed E-state index contributed by atoms with van der Waals surface area (Å²) in [6.07, 6.45) is 5.45. The van der Waals surface area contributed by atoms with E-state index in [1.165, 1.54) is 32.5 Å². The van der Waals surface area contributed by atoms with Crippen LogP contribution >= 0.6 is 0 Å². The lowest BCUT2D eigenvalue weighted by atomic mass is 10.0. The minimum atomic E-state index is 1.03. The number of rotatable bonds is 0. The van der Waals surface area contributed by atoms with Crippen LogP contribution in [0, 0.1) is 10.4 Å². The van der Waals surface area contributed by atoms with Gasteiger partial charge in [0.15, 0.2) is 0 Å². The molecule has 4 heterocycles. The van der Waals surface area contributed by atoms with Gasteiger partial charge in [-0.2, -0.15) is 0 Å². The van der Waals surface area contributed by atoms with Crippen molar-refractivity contribution in [1.82, 2.24) is 9.97 Å². The lowest BCUT2D eigenvalue weighted by Gasteiger charge is -2.01. The van der Waals surface area contributed by atoms with E-state index in [9.17, 15) is 0 Å². The van der Waals surface area contributed by atoms with Crippen LogP contribution in [0.5, 0.6) is 0 Å². The van der Waals surface area contributed by atoms with Crippen molar-refractivity contribution in [2.75, 3.05) is 0 Å². The Hall–Kier alpha value is -4.83. The zero-order chi connectivity index (χ0) is 23.5. The Balaban J connectivity index is 0.000000125. The maximum absolute atomic E-state index is 4.83. The van der Waals surface area contributed by atoms with E-state index in [1.54, 1.807) is 12.4 Å². The second-order valence-electron chi connectivity index (χ2n) is 8.20. The molecule has 166 valence electrons. The topological polar surface area (TPSA) is 53.4 Å². The average Bonchev–Trinajstić information content (AvgIpc) is 3.65. The van der Waals surface area contributed by atoms with Crippen molar-refractivity contribution in [1.29, 1.82) is 0 Å². The summed E-state index contributed by atoms with van der Waals surface area (Å²) in [5.41, 5.74) is 5.68. The maximum Gasteiger partial charge on any atom is 0.0817 e. The molecule has 0 bridgehead atoms. The third-order valence-electron chi connectivity index (χ3n) is 6.03. The van der Waals surface area contributed by atoms with Crippen LogP contribution < -0.4 is 10.7 Å². The number of fused-ring (bicyclic) bond motifs is 7. The summed E-state index contributed by atoms with van der Waals surface area (Å²) in [5, 5.41) is 5.79. The number of pyridine rings is 1. The predicted octanol–water partition coefficient (Wildman–Crippen LogP) is 6.42. The summed E-state index contributed by atoms with van der Waals surface area (Å²) in [4.78, 5) is 16.4. The second kappa shape index (κ2) is 9.20. The molecule has 0 saturated heterocycles. The summed E-state index contributed by atoms with van der Waals surface area (Å²) >= 11 is 0. The van der Waals surface area contributed by atoms with E-state index >= 15 is 0 Å². The molecular weight excluding hydrogens is 428 g/mol. The zero-order valence-electron chi connectivity index (χ0n) is 19.0. The Morgan fingerprint density at radius 1 is 0.543 bits per heavy atom. The van der Waals surface area contributed by atoms with Gasteiger partial charge in [-0.15, -0.1) is 0 Å². The molecule has 35 heavy (non-hydrogen) atoms. The number of nitrogens with zero attached hydrogens (tertiary/aromatic N) is 3. The molecule has 6 aromatic rings. The van der Waals surface area contributed by atoms with Gasteiger partial charge in [-0.1, -0.05) is 60.7 Å². The van der Waals surface area contributed by atoms with Crippen LogP contribution in [-0.2, 0) is 0 Å². The molecular formula is C31H22N4. The minimum Gasteiger partial charge on any atom is -0.361 e. The lowest BCUT2D eigenvalue weighted by Crippen LogP contribution is -2.00. The molecule has 4 nitrogen and oxygen atoms in total. The van der Waals surface area contributed by atoms with E-state index in [2.05, 4.69) is 76.7 Å². The van der Waals surface area contributed by atoms with Gasteiger partial charge in [0.05, 0.1) is 22.1 Å². The molecule has 0 saturated carbocycles. The average molecular weight is 451 g/mol. The van der Waals surface area contributed by atoms with E-state index in [1.807, 2.05) is 48.7 Å². The molecule has 2 aliphatic rings. The first-order valence-electron chi connectivity index (χ1n) is 11.5. The fourth-order valence-corrected chi connectivity index (χ4v) is 4.41. The van der Waals surface area contributed by atoms with Gasteiger partial charge in [-0.3, -0.25) is 4.98 Å². The van der Waals surface area contributed by atoms with Crippen LogP contribution in [0.1, 0.15) is 0 Å². The fourth-order valence-electron chi connectivity index (χ4n) is 4.41. The molecule has 1 N–H and O–H groups in total. The molecule has 4 heteroatoms. The smallest absolute Gasteiger partial charge is 0.0817 e. The number of benzene rings is 4. The largest absolute Gasteiger partial charge is 0.361 e. The molecule has 8 rings (SSSR count). The molecule has 0 atom stereocenters. The van der Waals surface area contributed by atoms with Crippen molar-refractivity contribution < 1.29 is 0 Å². The molecule has 0 aliphatic carbocycles. The van der Waals surface area contributed by atoms with Gasteiger partial charge >= 0.3 is 0 Å². The molecule has 2 aromatic heterocycles. The number of aromatic amines is 1. The van der Waals surface area contributed by atoms with Crippen molar-refractivity contribution in [3.8, 4) is 11.1 Å². The number of H-pyrrole nitrogens is 1.